The fraction of sp³-hybridized carbons (Fsp3) is 0.412. The van der Waals surface area contributed by atoms with Crippen LogP contribution in [0.15, 0.2) is 33.5 Å². The van der Waals surface area contributed by atoms with E-state index in [1.54, 1.807) is 30.0 Å². The minimum atomic E-state index is -0.642. The molecule has 0 N–H and O–H groups in total. The normalized spacial score (nSPS) is 15.4. The molecule has 8 heteroatoms. The Labute approximate surface area is 143 Å². The van der Waals surface area contributed by atoms with Crippen LogP contribution in [-0.2, 0) is 24.3 Å². The zero-order chi connectivity index (χ0) is 17.6. The van der Waals surface area contributed by atoms with Gasteiger partial charge in [-0.3, -0.25) is 9.36 Å². The van der Waals surface area contributed by atoms with E-state index in [2.05, 4.69) is 14.8 Å². The topological polar surface area (TPSA) is 86.2 Å². The smallest absolute Gasteiger partial charge is 0.408 e. The van der Waals surface area contributed by atoms with E-state index in [4.69, 9.17) is 4.42 Å². The van der Waals surface area contributed by atoms with Crippen LogP contribution in [0.1, 0.15) is 31.5 Å². The van der Waals surface area contributed by atoms with Crippen molar-refractivity contribution in [2.45, 2.75) is 39.4 Å². The summed E-state index contributed by atoms with van der Waals surface area (Å²) >= 11 is 0. The van der Waals surface area contributed by atoms with Crippen LogP contribution in [0.25, 0.3) is 11.1 Å². The summed E-state index contributed by atoms with van der Waals surface area (Å²) in [6.45, 7) is 5.41. The molecule has 1 aliphatic heterocycles. The first-order valence-electron chi connectivity index (χ1n) is 8.40. The van der Waals surface area contributed by atoms with Gasteiger partial charge in [-0.1, -0.05) is 19.1 Å². The van der Waals surface area contributed by atoms with E-state index in [9.17, 15) is 9.59 Å². The van der Waals surface area contributed by atoms with E-state index in [1.165, 1.54) is 4.57 Å². The summed E-state index contributed by atoms with van der Waals surface area (Å²) in [5.41, 5.74) is 1.11. The number of hydrogen-bond acceptors (Lipinski definition) is 5. The van der Waals surface area contributed by atoms with Gasteiger partial charge in [0.1, 0.15) is 11.9 Å². The van der Waals surface area contributed by atoms with E-state index < -0.39 is 11.8 Å². The minimum absolute atomic E-state index is 0.124. The van der Waals surface area contributed by atoms with Gasteiger partial charge < -0.3 is 13.9 Å². The highest BCUT2D eigenvalue weighted by Crippen LogP contribution is 2.21. The van der Waals surface area contributed by atoms with Crippen LogP contribution in [0.3, 0.4) is 0 Å². The molecule has 0 bridgehead atoms. The highest BCUT2D eigenvalue weighted by atomic mass is 16.4. The van der Waals surface area contributed by atoms with Gasteiger partial charge >= 0.3 is 5.76 Å². The molecule has 1 aromatic carbocycles. The maximum absolute atomic E-state index is 12.9. The molecule has 2 aromatic heterocycles. The number of rotatable bonds is 3. The van der Waals surface area contributed by atoms with Gasteiger partial charge in [-0.25, -0.2) is 4.79 Å². The van der Waals surface area contributed by atoms with Crippen LogP contribution in [0.4, 0.5) is 0 Å². The number of aryl methyl sites for hydroxylation is 1. The third-order valence-corrected chi connectivity index (χ3v) is 4.72. The lowest BCUT2D eigenvalue weighted by atomic mass is 10.2. The van der Waals surface area contributed by atoms with Crippen LogP contribution in [0, 0.1) is 0 Å². The van der Waals surface area contributed by atoms with E-state index in [-0.39, 0.29) is 5.91 Å². The van der Waals surface area contributed by atoms with Crippen molar-refractivity contribution in [3.8, 4) is 0 Å². The summed E-state index contributed by atoms with van der Waals surface area (Å²) in [5.74, 6) is 1.08. The number of nitrogens with zero attached hydrogens (tertiary/aromatic N) is 5. The largest absolute Gasteiger partial charge is 0.420 e. The molecule has 1 atom stereocenters. The Morgan fingerprint density at radius 1 is 1.28 bits per heavy atom. The molecule has 0 fully saturated rings. The van der Waals surface area contributed by atoms with Gasteiger partial charge in [0.2, 0.25) is 5.91 Å². The monoisotopic (exact) mass is 341 g/mol. The average Bonchev–Trinajstić information content (AvgIpc) is 3.19. The molecule has 1 aliphatic rings. The van der Waals surface area contributed by atoms with Crippen molar-refractivity contribution in [1.29, 1.82) is 0 Å². The molecule has 130 valence electrons. The summed E-state index contributed by atoms with van der Waals surface area (Å²) in [6.07, 6.45) is 0.813. The van der Waals surface area contributed by atoms with Crippen LogP contribution in [0.5, 0.6) is 0 Å². The second-order valence-electron chi connectivity index (χ2n) is 6.18. The number of amides is 1. The predicted molar refractivity (Wildman–Crippen MR) is 90.0 cm³/mol. The predicted octanol–water partition coefficient (Wildman–Crippen LogP) is 1.35. The molecule has 0 saturated heterocycles. The zero-order valence-corrected chi connectivity index (χ0v) is 14.2. The van der Waals surface area contributed by atoms with E-state index >= 15 is 0 Å². The zero-order valence-electron chi connectivity index (χ0n) is 14.2. The molecule has 0 aliphatic carbocycles. The Morgan fingerprint density at radius 3 is 2.88 bits per heavy atom. The number of para-hydroxylation sites is 2. The van der Waals surface area contributed by atoms with E-state index in [0.29, 0.717) is 30.7 Å². The summed E-state index contributed by atoms with van der Waals surface area (Å²) < 4.78 is 8.72. The second kappa shape index (κ2) is 5.87. The lowest BCUT2D eigenvalue weighted by Gasteiger charge is -2.30. The number of carbonyl (C=O) groups is 1. The van der Waals surface area contributed by atoms with Crippen LogP contribution in [0.2, 0.25) is 0 Å². The van der Waals surface area contributed by atoms with Crippen LogP contribution < -0.4 is 5.76 Å². The van der Waals surface area contributed by atoms with Crippen molar-refractivity contribution in [2.75, 3.05) is 6.54 Å². The number of oxazole rings is 1. The van der Waals surface area contributed by atoms with Gasteiger partial charge in [-0.2, -0.15) is 0 Å². The first kappa shape index (κ1) is 15.6. The molecule has 25 heavy (non-hydrogen) atoms. The summed E-state index contributed by atoms with van der Waals surface area (Å²) in [7, 11) is 0. The fourth-order valence-electron chi connectivity index (χ4n) is 3.39. The van der Waals surface area contributed by atoms with Gasteiger partial charge in [0.15, 0.2) is 11.4 Å². The highest BCUT2D eigenvalue weighted by Gasteiger charge is 2.29. The Morgan fingerprint density at radius 2 is 2.08 bits per heavy atom. The van der Waals surface area contributed by atoms with Crippen molar-refractivity contribution >= 4 is 17.0 Å². The average molecular weight is 341 g/mol. The summed E-state index contributed by atoms with van der Waals surface area (Å²) in [5, 5.41) is 8.35. The molecule has 4 rings (SSSR count). The van der Waals surface area contributed by atoms with Crippen molar-refractivity contribution < 1.29 is 9.21 Å². The van der Waals surface area contributed by atoms with Crippen molar-refractivity contribution in [3.05, 3.63) is 46.5 Å². The lowest BCUT2D eigenvalue weighted by Crippen LogP contribution is -2.43. The molecule has 0 radical (unpaired) electrons. The Bertz CT molecular complexity index is 999. The van der Waals surface area contributed by atoms with Crippen LogP contribution >= 0.6 is 0 Å². The lowest BCUT2D eigenvalue weighted by molar-refractivity contribution is -0.135. The molecule has 1 amide bonds. The maximum atomic E-state index is 12.9. The molecule has 3 heterocycles. The Kier molecular flexibility index (Phi) is 3.67. The summed E-state index contributed by atoms with van der Waals surface area (Å²) in [6, 6.07) is 6.48. The molecule has 8 nitrogen and oxygen atoms in total. The maximum Gasteiger partial charge on any atom is 0.420 e. The van der Waals surface area contributed by atoms with Crippen LogP contribution in [-0.4, -0.2) is 36.7 Å². The number of hydrogen-bond donors (Lipinski definition) is 0. The van der Waals surface area contributed by atoms with E-state index in [0.717, 1.165) is 18.1 Å². The Hall–Kier alpha value is -2.90. The van der Waals surface area contributed by atoms with Gasteiger partial charge in [-0.05, 0) is 19.1 Å². The molecular formula is C17H19N5O3. The van der Waals surface area contributed by atoms with Gasteiger partial charge in [0, 0.05) is 19.5 Å². The SMILES string of the molecule is CCc1nnc2n1CCN(C(=O)C(C)n1c(=O)oc3ccccc31)C2. The standard InChI is InChI=1S/C17H19N5O3/c1-3-14-18-19-15-10-20(8-9-21(14)15)16(23)11(2)22-12-6-4-5-7-13(12)25-17(22)24/h4-7,11H,3,8-10H2,1-2H3. The third-order valence-electron chi connectivity index (χ3n) is 4.72. The Balaban J connectivity index is 1.62. The second-order valence-corrected chi connectivity index (χ2v) is 6.18. The molecule has 0 saturated carbocycles. The number of aromatic nitrogens is 4. The fourth-order valence-corrected chi connectivity index (χ4v) is 3.39. The van der Waals surface area contributed by atoms with Crippen molar-refractivity contribution in [1.82, 2.24) is 24.2 Å². The summed E-state index contributed by atoms with van der Waals surface area (Å²) in [4.78, 5) is 26.9. The van der Waals surface area contributed by atoms with E-state index in [1.807, 2.05) is 13.0 Å². The number of carbonyl (C=O) groups excluding carboxylic acids is 1. The van der Waals surface area contributed by atoms with Crippen molar-refractivity contribution in [3.63, 3.8) is 0 Å². The third kappa shape index (κ3) is 2.45. The van der Waals surface area contributed by atoms with Crippen molar-refractivity contribution in [2.24, 2.45) is 0 Å². The number of benzene rings is 1. The molecule has 0 spiro atoms. The molecular weight excluding hydrogens is 322 g/mol. The number of fused-ring (bicyclic) bond motifs is 2. The van der Waals surface area contributed by atoms with Gasteiger partial charge in [0.05, 0.1) is 12.1 Å². The quantitative estimate of drug-likeness (QED) is 0.718. The minimum Gasteiger partial charge on any atom is -0.408 e. The highest BCUT2D eigenvalue weighted by molar-refractivity contribution is 5.83. The van der Waals surface area contributed by atoms with Gasteiger partial charge in [-0.15, -0.1) is 10.2 Å². The van der Waals surface area contributed by atoms with Gasteiger partial charge in [0.25, 0.3) is 0 Å². The first-order chi connectivity index (χ1) is 12.1. The first-order valence-corrected chi connectivity index (χ1v) is 8.40. The molecule has 1 unspecified atom stereocenters. The molecule has 3 aromatic rings.